The lowest BCUT2D eigenvalue weighted by Gasteiger charge is -2.26. The second kappa shape index (κ2) is 12.9. The molecule has 2 nitrogen and oxygen atoms in total. The van der Waals surface area contributed by atoms with Gasteiger partial charge in [-0.05, 0) is 105 Å². The van der Waals surface area contributed by atoms with E-state index in [4.69, 9.17) is 4.42 Å². The molecule has 0 N–H and O–H groups in total. The quantitative estimate of drug-likeness (QED) is 0.170. The van der Waals surface area contributed by atoms with Crippen molar-refractivity contribution in [1.82, 2.24) is 0 Å². The SMILES string of the molecule is c1ccc2c(-c3ccc(N(c4ccc(-c5cccc6oc7ccccc7c56)cc4)c4ccc(-c5cccc6sc7ccccc7c56)cc4)cc3)cccc2c1. The Balaban J connectivity index is 1.02. The molecule has 0 saturated carbocycles. The van der Waals surface area contributed by atoms with Crippen LogP contribution in [0.1, 0.15) is 0 Å². The van der Waals surface area contributed by atoms with Crippen LogP contribution in [-0.4, -0.2) is 0 Å². The van der Waals surface area contributed by atoms with Crippen LogP contribution in [0.5, 0.6) is 0 Å². The van der Waals surface area contributed by atoms with Gasteiger partial charge in [0.1, 0.15) is 11.2 Å². The summed E-state index contributed by atoms with van der Waals surface area (Å²) in [5.74, 6) is 0. The summed E-state index contributed by atoms with van der Waals surface area (Å²) in [5, 5.41) is 7.43. The number of hydrogen-bond acceptors (Lipinski definition) is 3. The molecular weight excluding hydrogens is 687 g/mol. The van der Waals surface area contributed by atoms with Gasteiger partial charge < -0.3 is 9.32 Å². The summed E-state index contributed by atoms with van der Waals surface area (Å²) in [6.45, 7) is 0. The molecule has 258 valence electrons. The summed E-state index contributed by atoms with van der Waals surface area (Å²) in [5.41, 5.74) is 12.3. The Labute approximate surface area is 322 Å². The molecule has 0 bridgehead atoms. The molecule has 55 heavy (non-hydrogen) atoms. The van der Waals surface area contributed by atoms with Crippen LogP contribution < -0.4 is 4.90 Å². The zero-order valence-corrected chi connectivity index (χ0v) is 30.6. The van der Waals surface area contributed by atoms with E-state index in [9.17, 15) is 0 Å². The molecule has 0 fully saturated rings. The fourth-order valence-corrected chi connectivity index (χ4v) is 9.46. The van der Waals surface area contributed by atoms with Crippen molar-refractivity contribution in [2.24, 2.45) is 0 Å². The van der Waals surface area contributed by atoms with Crippen LogP contribution in [0.2, 0.25) is 0 Å². The highest BCUT2D eigenvalue weighted by atomic mass is 32.1. The first kappa shape index (κ1) is 31.6. The van der Waals surface area contributed by atoms with Crippen molar-refractivity contribution in [3.63, 3.8) is 0 Å². The zero-order chi connectivity index (χ0) is 36.3. The van der Waals surface area contributed by atoms with Gasteiger partial charge in [0.15, 0.2) is 0 Å². The minimum atomic E-state index is 0.905. The van der Waals surface area contributed by atoms with Crippen LogP contribution in [0.3, 0.4) is 0 Å². The maximum atomic E-state index is 6.23. The van der Waals surface area contributed by atoms with Gasteiger partial charge in [0.2, 0.25) is 0 Å². The summed E-state index contributed by atoms with van der Waals surface area (Å²) < 4.78 is 8.87. The van der Waals surface area contributed by atoms with Crippen LogP contribution in [0.15, 0.2) is 205 Å². The van der Waals surface area contributed by atoms with E-state index >= 15 is 0 Å². The Hall–Kier alpha value is -6.94. The van der Waals surface area contributed by atoms with Gasteiger partial charge in [0.25, 0.3) is 0 Å². The first-order chi connectivity index (χ1) is 27.3. The van der Waals surface area contributed by atoms with Gasteiger partial charge in [0.05, 0.1) is 0 Å². The molecule has 0 spiro atoms. The molecule has 3 heteroatoms. The molecule has 0 aliphatic heterocycles. The maximum absolute atomic E-state index is 6.23. The molecule has 0 radical (unpaired) electrons. The van der Waals surface area contributed by atoms with Crippen LogP contribution >= 0.6 is 11.3 Å². The van der Waals surface area contributed by atoms with Gasteiger partial charge in [-0.2, -0.15) is 0 Å². The van der Waals surface area contributed by atoms with Crippen molar-refractivity contribution >= 4 is 81.3 Å². The summed E-state index contributed by atoms with van der Waals surface area (Å²) in [7, 11) is 0. The lowest BCUT2D eigenvalue weighted by Crippen LogP contribution is -2.09. The molecule has 0 aliphatic carbocycles. The van der Waals surface area contributed by atoms with Crippen molar-refractivity contribution in [2.75, 3.05) is 4.90 Å². The lowest BCUT2D eigenvalue weighted by atomic mass is 9.97. The van der Waals surface area contributed by atoms with Crippen molar-refractivity contribution < 1.29 is 4.42 Å². The fourth-order valence-electron chi connectivity index (χ4n) is 8.32. The Morgan fingerprint density at radius 1 is 0.327 bits per heavy atom. The smallest absolute Gasteiger partial charge is 0.136 e. The Bertz CT molecular complexity index is 3030. The third kappa shape index (κ3) is 5.32. The molecule has 11 aromatic rings. The minimum absolute atomic E-state index is 0.905. The first-order valence-electron chi connectivity index (χ1n) is 18.7. The highest BCUT2D eigenvalue weighted by Crippen LogP contribution is 2.43. The average Bonchev–Trinajstić information content (AvgIpc) is 3.83. The monoisotopic (exact) mass is 719 g/mol. The summed E-state index contributed by atoms with van der Waals surface area (Å²) in [6, 6.07) is 72.2. The van der Waals surface area contributed by atoms with E-state index < -0.39 is 0 Å². The molecule has 0 amide bonds. The molecule has 0 unspecified atom stereocenters. The largest absolute Gasteiger partial charge is 0.456 e. The number of para-hydroxylation sites is 1. The van der Waals surface area contributed by atoms with Crippen molar-refractivity contribution in [1.29, 1.82) is 0 Å². The van der Waals surface area contributed by atoms with E-state index in [0.29, 0.717) is 0 Å². The van der Waals surface area contributed by atoms with Crippen LogP contribution in [0.4, 0.5) is 17.1 Å². The van der Waals surface area contributed by atoms with Gasteiger partial charge >= 0.3 is 0 Å². The summed E-state index contributed by atoms with van der Waals surface area (Å²) in [4.78, 5) is 2.36. The van der Waals surface area contributed by atoms with Crippen molar-refractivity contribution in [3.8, 4) is 33.4 Å². The van der Waals surface area contributed by atoms with Gasteiger partial charge in [-0.1, -0.05) is 140 Å². The number of anilines is 3. The zero-order valence-electron chi connectivity index (χ0n) is 29.8. The summed E-state index contributed by atoms with van der Waals surface area (Å²) >= 11 is 1.86. The molecule has 11 rings (SSSR count). The normalized spacial score (nSPS) is 11.6. The lowest BCUT2D eigenvalue weighted by molar-refractivity contribution is 0.669. The van der Waals surface area contributed by atoms with Gasteiger partial charge in [-0.3, -0.25) is 0 Å². The third-order valence-electron chi connectivity index (χ3n) is 10.9. The molecule has 0 aliphatic rings. The number of fused-ring (bicyclic) bond motifs is 7. The molecule has 9 aromatic carbocycles. The maximum Gasteiger partial charge on any atom is 0.136 e. The van der Waals surface area contributed by atoms with E-state index in [1.807, 2.05) is 23.5 Å². The predicted octanol–water partition coefficient (Wildman–Crippen LogP) is 15.6. The molecule has 0 saturated heterocycles. The van der Waals surface area contributed by atoms with E-state index in [0.717, 1.165) is 44.6 Å². The van der Waals surface area contributed by atoms with Crippen molar-refractivity contribution in [2.45, 2.75) is 0 Å². The second-order valence-electron chi connectivity index (χ2n) is 14.1. The fraction of sp³-hybridized carbons (Fsp3) is 0. The third-order valence-corrected chi connectivity index (χ3v) is 12.0. The Kier molecular flexibility index (Phi) is 7.39. The minimum Gasteiger partial charge on any atom is -0.456 e. The number of benzene rings is 9. The van der Waals surface area contributed by atoms with E-state index in [1.54, 1.807) is 0 Å². The molecule has 2 heterocycles. The van der Waals surface area contributed by atoms with Crippen LogP contribution in [0, 0.1) is 0 Å². The van der Waals surface area contributed by atoms with Crippen LogP contribution in [0.25, 0.3) is 86.3 Å². The first-order valence-corrected chi connectivity index (χ1v) is 19.5. The van der Waals surface area contributed by atoms with Gasteiger partial charge in [-0.15, -0.1) is 11.3 Å². The Morgan fingerprint density at radius 2 is 0.800 bits per heavy atom. The highest BCUT2D eigenvalue weighted by Gasteiger charge is 2.17. The number of thiophene rings is 1. The number of hydrogen-bond donors (Lipinski definition) is 0. The highest BCUT2D eigenvalue weighted by molar-refractivity contribution is 7.25. The number of rotatable bonds is 6. The topological polar surface area (TPSA) is 16.4 Å². The van der Waals surface area contributed by atoms with E-state index in [-0.39, 0.29) is 0 Å². The van der Waals surface area contributed by atoms with Gasteiger partial charge in [-0.25, -0.2) is 0 Å². The van der Waals surface area contributed by atoms with E-state index in [1.165, 1.54) is 58.8 Å². The summed E-state index contributed by atoms with van der Waals surface area (Å²) in [6.07, 6.45) is 0. The van der Waals surface area contributed by atoms with Crippen LogP contribution in [-0.2, 0) is 0 Å². The van der Waals surface area contributed by atoms with Crippen molar-refractivity contribution in [3.05, 3.63) is 200 Å². The second-order valence-corrected chi connectivity index (χ2v) is 15.1. The molecule has 2 aromatic heterocycles. The standard InChI is InChI=1S/C52H33NOS/c1-2-12-41-34(10-1)11-7-15-42(41)35-22-28-38(29-23-35)53(39-30-24-36(25-31-39)43-16-8-19-48-51(43)45-13-3-5-18-47(45)54-48)40-32-26-37(27-33-40)44-17-9-21-50-52(44)46-14-4-6-20-49(46)55-50/h1-33H. The van der Waals surface area contributed by atoms with Gasteiger partial charge in [0, 0.05) is 48.0 Å². The Morgan fingerprint density at radius 3 is 1.51 bits per heavy atom. The average molecular weight is 720 g/mol. The number of furan rings is 1. The molecular formula is C52H33NOS. The number of nitrogens with zero attached hydrogens (tertiary/aromatic N) is 1. The predicted molar refractivity (Wildman–Crippen MR) is 235 cm³/mol. The molecule has 0 atom stereocenters. The van der Waals surface area contributed by atoms with E-state index in [2.05, 4.69) is 193 Å².